The molecule has 0 aromatic carbocycles. The fraction of sp³-hybridized carbons (Fsp3) is 0.714. The largest absolute Gasteiger partial charge is 0.480 e. The lowest BCUT2D eigenvalue weighted by Crippen LogP contribution is -2.51. The van der Waals surface area contributed by atoms with Crippen molar-refractivity contribution >= 4 is 38.5 Å². The Labute approximate surface area is 148 Å². The van der Waals surface area contributed by atoms with Crippen molar-refractivity contribution in [3.63, 3.8) is 0 Å². The van der Waals surface area contributed by atoms with Gasteiger partial charge in [-0.15, -0.1) is 0 Å². The van der Waals surface area contributed by atoms with Crippen LogP contribution in [0, 0.1) is 0 Å². The summed E-state index contributed by atoms with van der Waals surface area (Å²) in [4.78, 5) is 40.1. The molecule has 0 fully saturated rings. The van der Waals surface area contributed by atoms with Crippen LogP contribution in [0.5, 0.6) is 0 Å². The molecule has 0 radical (unpaired) electrons. The predicted molar refractivity (Wildman–Crippen MR) is 88.9 cm³/mol. The number of oxime groups is 1. The third-order valence-electron chi connectivity index (χ3n) is 2.94. The second-order valence-electron chi connectivity index (χ2n) is 6.40. The average Bonchev–Trinajstić information content (AvgIpc) is 2.80. The van der Waals surface area contributed by atoms with E-state index in [9.17, 15) is 19.5 Å². The van der Waals surface area contributed by atoms with Gasteiger partial charge in [-0.3, -0.25) is 4.79 Å². The van der Waals surface area contributed by atoms with E-state index in [2.05, 4.69) is 31.7 Å². The number of carbonyl (C=O) groups is 3. The lowest BCUT2D eigenvalue weighted by molar-refractivity contribution is -0.143. The van der Waals surface area contributed by atoms with Gasteiger partial charge in [-0.25, -0.2) is 9.59 Å². The Balaban J connectivity index is 2.52. The van der Waals surface area contributed by atoms with Crippen molar-refractivity contribution in [2.45, 2.75) is 64.3 Å². The van der Waals surface area contributed by atoms with Crippen molar-refractivity contribution in [2.75, 3.05) is 0 Å². The van der Waals surface area contributed by atoms with Crippen molar-refractivity contribution in [3.05, 3.63) is 0 Å². The van der Waals surface area contributed by atoms with Crippen LogP contribution in [0.1, 0.15) is 40.5 Å². The molecule has 9 nitrogen and oxygen atoms in total. The van der Waals surface area contributed by atoms with E-state index >= 15 is 0 Å². The number of aliphatic carboxylic acids is 1. The summed E-state index contributed by atoms with van der Waals surface area (Å²) < 4.78 is 5.63. The normalized spacial score (nSPS) is 19.5. The summed E-state index contributed by atoms with van der Waals surface area (Å²) in [6.07, 6.45) is -0.701. The van der Waals surface area contributed by atoms with Gasteiger partial charge >= 0.3 is 12.1 Å². The van der Waals surface area contributed by atoms with Crippen LogP contribution in [-0.4, -0.2) is 51.5 Å². The highest BCUT2D eigenvalue weighted by Crippen LogP contribution is 2.18. The summed E-state index contributed by atoms with van der Waals surface area (Å²) in [5.41, 5.74) is -0.697. The Morgan fingerprint density at radius 1 is 1.42 bits per heavy atom. The van der Waals surface area contributed by atoms with Crippen molar-refractivity contribution in [1.82, 2.24) is 10.6 Å². The van der Waals surface area contributed by atoms with Crippen molar-refractivity contribution in [3.8, 4) is 0 Å². The average molecular weight is 408 g/mol. The Hall–Kier alpha value is -1.84. The van der Waals surface area contributed by atoms with Gasteiger partial charge in [-0.05, 0) is 43.6 Å². The smallest absolute Gasteiger partial charge is 0.408 e. The monoisotopic (exact) mass is 407 g/mol. The van der Waals surface area contributed by atoms with E-state index in [0.717, 1.165) is 0 Å². The number of hydrogen-bond donors (Lipinski definition) is 3. The minimum atomic E-state index is -1.19. The van der Waals surface area contributed by atoms with Gasteiger partial charge in [0.2, 0.25) is 5.91 Å². The highest BCUT2D eigenvalue weighted by Gasteiger charge is 2.30. The fourth-order valence-corrected chi connectivity index (χ4v) is 2.30. The van der Waals surface area contributed by atoms with Crippen LogP contribution in [-0.2, 0) is 19.2 Å². The first-order valence-corrected chi connectivity index (χ1v) is 8.18. The lowest BCUT2D eigenvalue weighted by atomic mass is 10.1. The van der Waals surface area contributed by atoms with E-state index in [1.807, 2.05) is 0 Å². The molecule has 24 heavy (non-hydrogen) atoms. The zero-order valence-corrected chi connectivity index (χ0v) is 15.5. The zero-order chi connectivity index (χ0) is 18.5. The summed E-state index contributed by atoms with van der Waals surface area (Å²) >= 11 is 3.16. The van der Waals surface area contributed by atoms with Crippen LogP contribution in [0.4, 0.5) is 4.79 Å². The van der Waals surface area contributed by atoms with Gasteiger partial charge < -0.3 is 25.3 Å². The van der Waals surface area contributed by atoms with E-state index in [0.29, 0.717) is 11.0 Å². The van der Waals surface area contributed by atoms with Crippen LogP contribution in [0.3, 0.4) is 0 Å². The molecule has 0 saturated carbocycles. The first-order valence-electron chi connectivity index (χ1n) is 7.39. The first kappa shape index (κ1) is 20.2. The van der Waals surface area contributed by atoms with Gasteiger partial charge in [-0.2, -0.15) is 0 Å². The molecule has 136 valence electrons. The number of carboxylic acids is 1. The van der Waals surface area contributed by atoms with Crippen molar-refractivity contribution < 1.29 is 29.1 Å². The molecule has 1 heterocycles. The number of hydrogen-bond acceptors (Lipinski definition) is 6. The summed E-state index contributed by atoms with van der Waals surface area (Å²) in [6.45, 7) is 6.52. The quantitative estimate of drug-likeness (QED) is 0.609. The van der Waals surface area contributed by atoms with Crippen LogP contribution < -0.4 is 10.6 Å². The number of rotatable bonds is 6. The molecule has 1 rings (SSSR count). The molecule has 1 aliphatic heterocycles. The maximum Gasteiger partial charge on any atom is 0.408 e. The van der Waals surface area contributed by atoms with Crippen LogP contribution in [0.25, 0.3) is 0 Å². The van der Waals surface area contributed by atoms with E-state index in [1.54, 1.807) is 20.8 Å². The molecule has 2 amide bonds. The molecule has 0 bridgehead atoms. The summed E-state index contributed by atoms with van der Waals surface area (Å²) in [5, 5.41) is 17.6. The number of carbonyl (C=O) groups excluding carboxylic acids is 2. The van der Waals surface area contributed by atoms with Crippen molar-refractivity contribution in [1.29, 1.82) is 0 Å². The molecular weight excluding hydrogens is 386 g/mol. The Morgan fingerprint density at radius 2 is 2.04 bits per heavy atom. The molecule has 3 atom stereocenters. The second kappa shape index (κ2) is 8.32. The third kappa shape index (κ3) is 7.16. The summed E-state index contributed by atoms with van der Waals surface area (Å²) in [5.74, 6) is -1.83. The second-order valence-corrected chi connectivity index (χ2v) is 7.32. The molecule has 10 heteroatoms. The van der Waals surface area contributed by atoms with E-state index in [1.165, 1.54) is 6.92 Å². The minimum Gasteiger partial charge on any atom is -0.480 e. The maximum atomic E-state index is 12.1. The molecule has 1 aliphatic rings. The molecule has 0 aliphatic carbocycles. The fourth-order valence-electron chi connectivity index (χ4n) is 1.85. The Bertz CT molecular complexity index is 531. The van der Waals surface area contributed by atoms with Gasteiger partial charge in [0.15, 0.2) is 0 Å². The van der Waals surface area contributed by atoms with Gasteiger partial charge in [-0.1, -0.05) is 5.16 Å². The molecule has 0 saturated heterocycles. The SMILES string of the molecule is C[C@H](NC(=O)OC(C)(C)C)C(=O)NC(CC1CC(Br)=NO1)C(=O)O. The van der Waals surface area contributed by atoms with Gasteiger partial charge in [0.25, 0.3) is 0 Å². The molecule has 0 aromatic heterocycles. The van der Waals surface area contributed by atoms with E-state index in [-0.39, 0.29) is 6.42 Å². The summed E-state index contributed by atoms with van der Waals surface area (Å²) in [6, 6.07) is -2.10. The van der Waals surface area contributed by atoms with Crippen molar-refractivity contribution in [2.24, 2.45) is 5.16 Å². The zero-order valence-electron chi connectivity index (χ0n) is 14.0. The number of ether oxygens (including phenoxy) is 1. The van der Waals surface area contributed by atoms with Gasteiger partial charge in [0.05, 0.1) is 0 Å². The molecular formula is C14H22BrN3O6. The van der Waals surface area contributed by atoms with Crippen LogP contribution >= 0.6 is 15.9 Å². The van der Waals surface area contributed by atoms with Crippen LogP contribution in [0.15, 0.2) is 5.16 Å². The van der Waals surface area contributed by atoms with E-state index in [4.69, 9.17) is 9.57 Å². The standard InChI is InChI=1S/C14H22BrN3O6/c1-7(16-13(22)23-14(2,3)4)11(19)17-9(12(20)21)5-8-6-10(15)18-24-8/h7-9H,5-6H2,1-4H3,(H,16,22)(H,17,19)(H,20,21)/t7-,8?,9?/m0/s1. The predicted octanol–water partition coefficient (Wildman–Crippen LogP) is 1.36. The first-order chi connectivity index (χ1) is 11.0. The number of halogens is 1. The third-order valence-corrected chi connectivity index (χ3v) is 3.41. The van der Waals surface area contributed by atoms with E-state index < -0.39 is 41.8 Å². The lowest BCUT2D eigenvalue weighted by Gasteiger charge is -2.23. The molecule has 3 N–H and O–H groups in total. The molecule has 2 unspecified atom stereocenters. The maximum absolute atomic E-state index is 12.1. The highest BCUT2D eigenvalue weighted by atomic mass is 79.9. The highest BCUT2D eigenvalue weighted by molar-refractivity contribution is 9.18. The molecule has 0 aromatic rings. The van der Waals surface area contributed by atoms with Gasteiger partial charge in [0.1, 0.15) is 28.4 Å². The van der Waals surface area contributed by atoms with Gasteiger partial charge in [0, 0.05) is 12.8 Å². The number of alkyl carbamates (subject to hydrolysis) is 1. The minimum absolute atomic E-state index is 0.0544. The number of carboxylic acid groups (broad SMARTS) is 1. The number of nitrogens with one attached hydrogen (secondary N) is 2. The van der Waals surface area contributed by atoms with Crippen LogP contribution in [0.2, 0.25) is 0 Å². The number of amides is 2. The molecule has 0 spiro atoms. The number of nitrogens with zero attached hydrogens (tertiary/aromatic N) is 1. The summed E-state index contributed by atoms with van der Waals surface area (Å²) in [7, 11) is 0. The topological polar surface area (TPSA) is 126 Å². The Morgan fingerprint density at radius 3 is 2.50 bits per heavy atom. The Kier molecular flexibility index (Phi) is 7.00.